The van der Waals surface area contributed by atoms with Crippen molar-refractivity contribution in [2.24, 2.45) is 11.8 Å². The summed E-state index contributed by atoms with van der Waals surface area (Å²) in [6, 6.07) is 0. The van der Waals surface area contributed by atoms with Crippen LogP contribution in [-0.4, -0.2) is 37.0 Å². The van der Waals surface area contributed by atoms with Gasteiger partial charge in [-0.25, -0.2) is 0 Å². The molecular weight excluding hydrogens is 355 g/mol. The Labute approximate surface area is 158 Å². The van der Waals surface area contributed by atoms with Crippen molar-refractivity contribution < 1.29 is 28.3 Å². The Hall–Kier alpha value is -0.710. The van der Waals surface area contributed by atoms with Crippen LogP contribution in [0.3, 0.4) is 0 Å². The number of hydrogen-bond donors (Lipinski definition) is 1. The van der Waals surface area contributed by atoms with Gasteiger partial charge in [0.25, 0.3) is 0 Å². The van der Waals surface area contributed by atoms with E-state index in [0.717, 1.165) is 19.3 Å². The van der Waals surface area contributed by atoms with Crippen LogP contribution in [0.5, 0.6) is 0 Å². The third-order valence-corrected chi connectivity index (χ3v) is 6.25. The summed E-state index contributed by atoms with van der Waals surface area (Å²) in [6.07, 6.45) is 10.2. The van der Waals surface area contributed by atoms with E-state index in [1.807, 2.05) is 0 Å². The van der Waals surface area contributed by atoms with Crippen molar-refractivity contribution in [3.05, 3.63) is 0 Å². The van der Waals surface area contributed by atoms with Gasteiger partial charge in [-0.05, 0) is 25.7 Å². The number of carbonyl (C=O) groups excluding carboxylic acids is 2. The lowest BCUT2D eigenvalue weighted by Crippen LogP contribution is -2.31. The van der Waals surface area contributed by atoms with Crippen LogP contribution in [-0.2, 0) is 23.4 Å². The highest BCUT2D eigenvalue weighted by molar-refractivity contribution is 7.52. The number of unbranched alkanes of at least 4 members (excludes halogenated alkanes) is 7. The first-order valence-corrected chi connectivity index (χ1v) is 11.5. The topological polar surface area (TPSA) is 89.9 Å². The Bertz CT molecular complexity index is 451. The van der Waals surface area contributed by atoms with Crippen molar-refractivity contribution in [2.45, 2.75) is 78.1 Å². The zero-order chi connectivity index (χ0) is 20.0. The van der Waals surface area contributed by atoms with E-state index in [-0.39, 0.29) is 24.3 Å². The first kappa shape index (κ1) is 25.3. The Balaban J connectivity index is 4.60. The number of ether oxygens (including phenoxy) is 1. The van der Waals surface area contributed by atoms with Gasteiger partial charge in [0.15, 0.2) is 0 Å². The molecule has 0 aromatic rings. The molecule has 154 valence electrons. The molecule has 0 aliphatic carbocycles. The van der Waals surface area contributed by atoms with Crippen LogP contribution in [0.2, 0.25) is 0 Å². The fourth-order valence-corrected chi connectivity index (χ4v) is 4.10. The van der Waals surface area contributed by atoms with Crippen LogP contribution in [0.15, 0.2) is 0 Å². The van der Waals surface area contributed by atoms with E-state index in [2.05, 4.69) is 11.4 Å². The van der Waals surface area contributed by atoms with Gasteiger partial charge in [-0.1, -0.05) is 58.3 Å². The normalized spacial score (nSPS) is 15.9. The molecule has 0 spiro atoms. The first-order chi connectivity index (χ1) is 12.3. The van der Waals surface area contributed by atoms with Gasteiger partial charge in [0, 0.05) is 7.11 Å². The average molecular weight is 392 g/mol. The average Bonchev–Trinajstić information content (AvgIpc) is 2.60. The minimum atomic E-state index is -3.66. The van der Waals surface area contributed by atoms with E-state index >= 15 is 0 Å². The second-order valence-corrected chi connectivity index (χ2v) is 9.05. The van der Waals surface area contributed by atoms with Crippen molar-refractivity contribution in [1.29, 1.82) is 0 Å². The van der Waals surface area contributed by atoms with Gasteiger partial charge >= 0.3 is 13.6 Å². The molecule has 0 radical (unpaired) electrons. The SMILES string of the molecule is CCCCCCCCCC[C@H](CCP(=O)(O)OC)[C@H](C(C)=O)C(=O)OC. The molecule has 26 heavy (non-hydrogen) atoms. The van der Waals surface area contributed by atoms with Gasteiger partial charge in [0.2, 0.25) is 0 Å². The second kappa shape index (κ2) is 14.4. The number of ketones is 1. The van der Waals surface area contributed by atoms with Gasteiger partial charge in [0.05, 0.1) is 13.3 Å². The van der Waals surface area contributed by atoms with Crippen LogP contribution >= 0.6 is 7.60 Å². The highest BCUT2D eigenvalue weighted by Crippen LogP contribution is 2.43. The van der Waals surface area contributed by atoms with Crippen molar-refractivity contribution in [2.75, 3.05) is 20.4 Å². The number of esters is 1. The minimum absolute atomic E-state index is 0.0635. The van der Waals surface area contributed by atoms with Gasteiger partial charge in [-0.2, -0.15) is 0 Å². The van der Waals surface area contributed by atoms with Gasteiger partial charge < -0.3 is 14.2 Å². The molecule has 0 rings (SSSR count). The number of hydrogen-bond acceptors (Lipinski definition) is 5. The standard InChI is InChI=1S/C19H37O6P/c1-5-6-7-8-9-10-11-12-13-17(14-15-26(22,23)25-4)18(16(2)20)19(21)24-3/h17-18H,5-15H2,1-4H3,(H,22,23)/t17-,18+/m1/s1. The number of carbonyl (C=O) groups is 2. The molecule has 0 saturated heterocycles. The Kier molecular flexibility index (Phi) is 14.0. The molecule has 1 N–H and O–H groups in total. The lowest BCUT2D eigenvalue weighted by molar-refractivity contribution is -0.151. The fraction of sp³-hybridized carbons (Fsp3) is 0.895. The molecule has 0 aliphatic rings. The van der Waals surface area contributed by atoms with Crippen LogP contribution < -0.4 is 0 Å². The zero-order valence-corrected chi connectivity index (χ0v) is 17.8. The number of rotatable bonds is 16. The van der Waals surface area contributed by atoms with Crippen molar-refractivity contribution >= 4 is 19.3 Å². The smallest absolute Gasteiger partial charge is 0.327 e. The Morgan fingerprint density at radius 1 is 0.962 bits per heavy atom. The molecule has 3 atom stereocenters. The zero-order valence-electron chi connectivity index (χ0n) is 16.9. The summed E-state index contributed by atoms with van der Waals surface area (Å²) >= 11 is 0. The van der Waals surface area contributed by atoms with Crippen LogP contribution in [0.1, 0.15) is 78.1 Å². The van der Waals surface area contributed by atoms with Crippen molar-refractivity contribution in [3.8, 4) is 0 Å². The predicted molar refractivity (Wildman–Crippen MR) is 103 cm³/mol. The highest BCUT2D eigenvalue weighted by Gasteiger charge is 2.34. The molecule has 0 bridgehead atoms. The summed E-state index contributed by atoms with van der Waals surface area (Å²) in [5.74, 6) is -1.99. The lowest BCUT2D eigenvalue weighted by Gasteiger charge is -2.24. The summed E-state index contributed by atoms with van der Waals surface area (Å²) in [5, 5.41) is 0. The minimum Gasteiger partial charge on any atom is -0.468 e. The highest BCUT2D eigenvalue weighted by atomic mass is 31.2. The molecule has 7 heteroatoms. The maximum Gasteiger partial charge on any atom is 0.327 e. The first-order valence-electron chi connectivity index (χ1n) is 9.74. The monoisotopic (exact) mass is 392 g/mol. The summed E-state index contributed by atoms with van der Waals surface area (Å²) in [7, 11) is -1.21. The van der Waals surface area contributed by atoms with Crippen molar-refractivity contribution in [3.63, 3.8) is 0 Å². The molecule has 0 heterocycles. The molecule has 0 aliphatic heterocycles. The number of Topliss-reactive ketones (excluding diaryl/α,β-unsaturated/α-hetero) is 1. The van der Waals surface area contributed by atoms with Crippen molar-refractivity contribution in [1.82, 2.24) is 0 Å². The second-order valence-electron chi connectivity index (χ2n) is 6.97. The molecule has 6 nitrogen and oxygen atoms in total. The van der Waals surface area contributed by atoms with E-state index < -0.39 is 19.5 Å². The fourth-order valence-electron chi connectivity index (χ4n) is 3.26. The van der Waals surface area contributed by atoms with Crippen LogP contribution in [0.25, 0.3) is 0 Å². The summed E-state index contributed by atoms with van der Waals surface area (Å²) in [4.78, 5) is 33.6. The van der Waals surface area contributed by atoms with Crippen LogP contribution in [0.4, 0.5) is 0 Å². The lowest BCUT2D eigenvalue weighted by atomic mass is 9.83. The molecular formula is C19H37O6P. The molecule has 0 aromatic heterocycles. The quantitative estimate of drug-likeness (QED) is 0.177. The summed E-state index contributed by atoms with van der Waals surface area (Å²) in [6.45, 7) is 3.57. The molecule has 0 saturated carbocycles. The summed E-state index contributed by atoms with van der Waals surface area (Å²) < 4.78 is 21.1. The van der Waals surface area contributed by atoms with E-state index in [0.29, 0.717) is 6.42 Å². The van der Waals surface area contributed by atoms with Crippen LogP contribution in [0, 0.1) is 11.8 Å². The Morgan fingerprint density at radius 3 is 1.96 bits per heavy atom. The Morgan fingerprint density at radius 2 is 1.50 bits per heavy atom. The van der Waals surface area contributed by atoms with E-state index in [9.17, 15) is 19.0 Å². The van der Waals surface area contributed by atoms with Gasteiger partial charge in [-0.15, -0.1) is 0 Å². The summed E-state index contributed by atoms with van der Waals surface area (Å²) in [5.41, 5.74) is 0. The predicted octanol–water partition coefficient (Wildman–Crippen LogP) is 4.73. The molecule has 0 fully saturated rings. The van der Waals surface area contributed by atoms with E-state index in [1.165, 1.54) is 53.2 Å². The molecule has 0 amide bonds. The largest absolute Gasteiger partial charge is 0.468 e. The maximum absolute atomic E-state index is 12.0. The van der Waals surface area contributed by atoms with E-state index in [1.54, 1.807) is 0 Å². The van der Waals surface area contributed by atoms with Gasteiger partial charge in [0.1, 0.15) is 11.7 Å². The molecule has 0 aromatic carbocycles. The third kappa shape index (κ3) is 11.1. The van der Waals surface area contributed by atoms with E-state index in [4.69, 9.17) is 4.74 Å². The van der Waals surface area contributed by atoms with Gasteiger partial charge in [-0.3, -0.25) is 14.2 Å². The third-order valence-electron chi connectivity index (χ3n) is 4.86. The maximum atomic E-state index is 12.0. The molecule has 1 unspecified atom stereocenters. The number of methoxy groups -OCH3 is 1.